The molecule has 0 radical (unpaired) electrons. The van der Waals surface area contributed by atoms with Crippen molar-refractivity contribution >= 4 is 28.5 Å². The normalized spacial score (nSPS) is 9.20. The fourth-order valence-corrected chi connectivity index (χ4v) is 1.65. The number of hydrogen-bond acceptors (Lipinski definition) is 2. The van der Waals surface area contributed by atoms with E-state index >= 15 is 0 Å². The average molecular weight is 315 g/mol. The summed E-state index contributed by atoms with van der Waals surface area (Å²) in [6.45, 7) is 3.39. The summed E-state index contributed by atoms with van der Waals surface area (Å²) >= 11 is 2.10. The van der Waals surface area contributed by atoms with Crippen LogP contribution < -0.4 is 0 Å². The van der Waals surface area contributed by atoms with Crippen LogP contribution in [0, 0.1) is 3.57 Å². The van der Waals surface area contributed by atoms with E-state index in [1.54, 1.807) is 12.1 Å². The second kappa shape index (κ2) is 5.70. The first-order valence-corrected chi connectivity index (χ1v) is 5.26. The Balaban J connectivity index is 3.03. The molecule has 0 aliphatic heterocycles. The highest BCUT2D eigenvalue weighted by atomic mass is 127. The molecule has 1 aromatic carbocycles. The average Bonchev–Trinajstić information content (AvgIpc) is 2.25. The third kappa shape index (κ3) is 2.92. The van der Waals surface area contributed by atoms with Crippen molar-refractivity contribution in [2.75, 3.05) is 7.11 Å². The summed E-state index contributed by atoms with van der Waals surface area (Å²) in [6.07, 6.45) is 1.35. The maximum Gasteiger partial charge on any atom is 0.283 e. The Labute approximate surface area is 102 Å². The van der Waals surface area contributed by atoms with E-state index in [1.807, 2.05) is 12.1 Å². The zero-order valence-corrected chi connectivity index (χ0v) is 10.4. The van der Waals surface area contributed by atoms with Crippen LogP contribution in [-0.2, 0) is 4.84 Å². The van der Waals surface area contributed by atoms with Gasteiger partial charge in [-0.3, -0.25) is 9.63 Å². The van der Waals surface area contributed by atoms with E-state index in [9.17, 15) is 4.79 Å². The van der Waals surface area contributed by atoms with Crippen molar-refractivity contribution in [3.05, 3.63) is 51.9 Å². The van der Waals surface area contributed by atoms with E-state index in [2.05, 4.69) is 34.9 Å². The molecule has 3 nitrogen and oxygen atoms in total. The molecule has 78 valence electrons. The Hall–Kier alpha value is -1.10. The largest absolute Gasteiger partial charge is 0.283 e. The van der Waals surface area contributed by atoms with Gasteiger partial charge < -0.3 is 0 Å². The molecule has 15 heavy (non-hydrogen) atoms. The van der Waals surface area contributed by atoms with Crippen LogP contribution in [-0.4, -0.2) is 18.1 Å². The second-order valence-electron chi connectivity index (χ2n) is 2.63. The Kier molecular flexibility index (Phi) is 4.55. The van der Waals surface area contributed by atoms with Crippen molar-refractivity contribution in [1.29, 1.82) is 0 Å². The third-order valence-electron chi connectivity index (χ3n) is 1.71. The summed E-state index contributed by atoms with van der Waals surface area (Å²) < 4.78 is 0.875. The van der Waals surface area contributed by atoms with E-state index in [1.165, 1.54) is 13.3 Å². The molecule has 0 bridgehead atoms. The minimum absolute atomic E-state index is 0.237. The number of hydroxylamine groups is 2. The van der Waals surface area contributed by atoms with Crippen molar-refractivity contribution in [3.8, 4) is 0 Å². The fourth-order valence-electron chi connectivity index (χ4n) is 1.03. The summed E-state index contributed by atoms with van der Waals surface area (Å²) in [5.41, 5.74) is 3.08. The van der Waals surface area contributed by atoms with E-state index < -0.39 is 0 Å². The number of benzene rings is 1. The van der Waals surface area contributed by atoms with Crippen LogP contribution in [0.3, 0.4) is 0 Å². The van der Waals surface area contributed by atoms with Gasteiger partial charge in [0.1, 0.15) is 0 Å². The number of amides is 1. The van der Waals surface area contributed by atoms with Crippen LogP contribution in [0.5, 0.6) is 0 Å². The lowest BCUT2D eigenvalue weighted by Gasteiger charge is -2.14. The van der Waals surface area contributed by atoms with E-state index in [0.29, 0.717) is 5.56 Å². The molecule has 0 aromatic heterocycles. The summed E-state index contributed by atoms with van der Waals surface area (Å²) in [4.78, 5) is 16.8. The van der Waals surface area contributed by atoms with Gasteiger partial charge in [0.15, 0.2) is 0 Å². The van der Waals surface area contributed by atoms with Crippen molar-refractivity contribution in [1.82, 2.24) is 5.06 Å². The zero-order chi connectivity index (χ0) is 11.3. The minimum Gasteiger partial charge on any atom is -0.269 e. The molecule has 0 heterocycles. The predicted octanol–water partition coefficient (Wildman–Crippen LogP) is 2.59. The van der Waals surface area contributed by atoms with Crippen LogP contribution in [0.2, 0.25) is 0 Å². The molecule has 0 N–H and O–H groups in total. The molecular weight excluding hydrogens is 305 g/mol. The van der Waals surface area contributed by atoms with Gasteiger partial charge in [0.2, 0.25) is 0 Å². The van der Waals surface area contributed by atoms with Crippen molar-refractivity contribution in [2.24, 2.45) is 0 Å². The molecule has 1 rings (SSSR count). The van der Waals surface area contributed by atoms with Crippen LogP contribution in [0.1, 0.15) is 10.4 Å². The van der Waals surface area contributed by atoms with Crippen LogP contribution in [0.4, 0.5) is 0 Å². The van der Waals surface area contributed by atoms with E-state index in [0.717, 1.165) is 8.63 Å². The SMILES string of the molecule is C=C=CN(OC)C(=O)c1ccccc1I. The number of nitrogens with zero attached hydrogens (tertiary/aromatic N) is 1. The zero-order valence-electron chi connectivity index (χ0n) is 8.24. The third-order valence-corrected chi connectivity index (χ3v) is 2.65. The van der Waals surface area contributed by atoms with Gasteiger partial charge in [0, 0.05) is 3.57 Å². The molecule has 4 heteroatoms. The molecule has 0 saturated heterocycles. The second-order valence-corrected chi connectivity index (χ2v) is 3.79. The van der Waals surface area contributed by atoms with Gasteiger partial charge in [-0.1, -0.05) is 18.7 Å². The topological polar surface area (TPSA) is 29.5 Å². The van der Waals surface area contributed by atoms with Crippen molar-refractivity contribution in [3.63, 3.8) is 0 Å². The molecule has 0 saturated carbocycles. The van der Waals surface area contributed by atoms with Crippen LogP contribution >= 0.6 is 22.6 Å². The number of rotatable bonds is 3. The highest BCUT2D eigenvalue weighted by Crippen LogP contribution is 2.14. The highest BCUT2D eigenvalue weighted by molar-refractivity contribution is 14.1. The fraction of sp³-hybridized carbons (Fsp3) is 0.0909. The lowest BCUT2D eigenvalue weighted by molar-refractivity contribution is -0.0583. The van der Waals surface area contributed by atoms with Crippen LogP contribution in [0.15, 0.2) is 42.8 Å². The molecule has 0 aliphatic rings. The molecule has 0 spiro atoms. The smallest absolute Gasteiger partial charge is 0.269 e. The predicted molar refractivity (Wildman–Crippen MR) is 66.0 cm³/mol. The summed E-state index contributed by atoms with van der Waals surface area (Å²) in [5, 5.41) is 1.09. The number of carbonyl (C=O) groups is 1. The molecule has 1 aromatic rings. The van der Waals surface area contributed by atoms with Gasteiger partial charge in [-0.2, -0.15) is 5.06 Å². The Morgan fingerprint density at radius 2 is 2.27 bits per heavy atom. The number of hydrogen-bond donors (Lipinski definition) is 0. The van der Waals surface area contributed by atoms with Gasteiger partial charge in [-0.25, -0.2) is 0 Å². The first kappa shape index (κ1) is 12.0. The summed E-state index contributed by atoms with van der Waals surface area (Å²) in [7, 11) is 1.42. The molecular formula is C11H10INO2. The van der Waals surface area contributed by atoms with Gasteiger partial charge in [0.05, 0.1) is 18.9 Å². The van der Waals surface area contributed by atoms with Crippen LogP contribution in [0.25, 0.3) is 0 Å². The first-order chi connectivity index (χ1) is 7.20. The van der Waals surface area contributed by atoms with Crippen molar-refractivity contribution in [2.45, 2.75) is 0 Å². The minimum atomic E-state index is -0.237. The van der Waals surface area contributed by atoms with E-state index in [4.69, 9.17) is 4.84 Å². The summed E-state index contributed by atoms with van der Waals surface area (Å²) in [6, 6.07) is 7.28. The molecule has 0 aliphatic carbocycles. The number of halogens is 1. The molecule has 0 unspecified atom stereocenters. The molecule has 0 atom stereocenters. The Morgan fingerprint density at radius 1 is 1.60 bits per heavy atom. The van der Waals surface area contributed by atoms with Gasteiger partial charge in [-0.05, 0) is 34.7 Å². The number of carbonyl (C=O) groups excluding carboxylic acids is 1. The quantitative estimate of drug-likeness (QED) is 0.487. The van der Waals surface area contributed by atoms with Crippen molar-refractivity contribution < 1.29 is 9.63 Å². The summed E-state index contributed by atoms with van der Waals surface area (Å²) in [5.74, 6) is -0.237. The Bertz CT molecular complexity index is 411. The van der Waals surface area contributed by atoms with Gasteiger partial charge in [-0.15, -0.1) is 5.73 Å². The van der Waals surface area contributed by atoms with Gasteiger partial charge in [0.25, 0.3) is 5.91 Å². The molecule has 1 amide bonds. The molecule has 0 fully saturated rings. The maximum absolute atomic E-state index is 11.9. The maximum atomic E-state index is 11.9. The Morgan fingerprint density at radius 3 is 2.80 bits per heavy atom. The lowest BCUT2D eigenvalue weighted by Crippen LogP contribution is -2.24. The van der Waals surface area contributed by atoms with E-state index in [-0.39, 0.29) is 5.91 Å². The lowest BCUT2D eigenvalue weighted by atomic mass is 10.2. The standard InChI is InChI=1S/C11H10INO2/c1-3-8-13(15-2)11(14)9-6-4-5-7-10(9)12/h4-8H,1H2,2H3. The highest BCUT2D eigenvalue weighted by Gasteiger charge is 2.15. The monoisotopic (exact) mass is 315 g/mol. The first-order valence-electron chi connectivity index (χ1n) is 4.19. The van der Waals surface area contributed by atoms with Gasteiger partial charge >= 0.3 is 0 Å².